The maximum atomic E-state index is 10.4. The summed E-state index contributed by atoms with van der Waals surface area (Å²) in [6, 6.07) is 0.174. The monoisotopic (exact) mass is 135 g/mol. The predicted octanol–water partition coefficient (Wildman–Crippen LogP) is 0.488. The molecule has 1 atom stereocenters. The molecule has 48 valence electrons. The highest BCUT2D eigenvalue weighted by atomic mass is 35.5. The summed E-state index contributed by atoms with van der Waals surface area (Å²) in [4.78, 5) is 10.4. The van der Waals surface area contributed by atoms with E-state index < -0.39 is 0 Å². The lowest BCUT2D eigenvalue weighted by atomic mass is 10.3. The molecule has 1 aliphatic carbocycles. The third kappa shape index (κ3) is 1.80. The SMILES string of the molecule is Cl.NC1CCC(=O)C1. The summed E-state index contributed by atoms with van der Waals surface area (Å²) in [7, 11) is 0. The van der Waals surface area contributed by atoms with Crippen LogP contribution in [0.3, 0.4) is 0 Å². The highest BCUT2D eigenvalue weighted by Gasteiger charge is 2.17. The molecule has 1 fully saturated rings. The van der Waals surface area contributed by atoms with Crippen LogP contribution in [0.1, 0.15) is 19.3 Å². The Morgan fingerprint density at radius 3 is 2.38 bits per heavy atom. The first kappa shape index (κ1) is 7.92. The Hall–Kier alpha value is -0.0800. The third-order valence-corrected chi connectivity index (χ3v) is 1.28. The maximum absolute atomic E-state index is 10.4. The van der Waals surface area contributed by atoms with Crippen LogP contribution < -0.4 is 5.73 Å². The zero-order valence-corrected chi connectivity index (χ0v) is 5.41. The number of hydrogen-bond donors (Lipinski definition) is 1. The first-order valence-electron chi connectivity index (χ1n) is 2.56. The largest absolute Gasteiger partial charge is 0.327 e. The molecule has 0 aromatic heterocycles. The van der Waals surface area contributed by atoms with Crippen molar-refractivity contribution in [3.8, 4) is 0 Å². The van der Waals surface area contributed by atoms with E-state index in [9.17, 15) is 4.79 Å². The summed E-state index contributed by atoms with van der Waals surface area (Å²) < 4.78 is 0. The van der Waals surface area contributed by atoms with Crippen molar-refractivity contribution < 1.29 is 4.79 Å². The number of rotatable bonds is 0. The molecular weight excluding hydrogens is 126 g/mol. The first-order chi connectivity index (χ1) is 3.29. The summed E-state index contributed by atoms with van der Waals surface area (Å²) in [6.07, 6.45) is 2.22. The van der Waals surface area contributed by atoms with E-state index in [0.29, 0.717) is 18.6 Å². The second-order valence-electron chi connectivity index (χ2n) is 2.04. The lowest BCUT2D eigenvalue weighted by Crippen LogP contribution is -2.14. The van der Waals surface area contributed by atoms with Gasteiger partial charge in [-0.15, -0.1) is 12.4 Å². The molecule has 0 bridgehead atoms. The van der Waals surface area contributed by atoms with Gasteiger partial charge in [-0.1, -0.05) is 0 Å². The molecule has 0 aromatic rings. The molecule has 2 N–H and O–H groups in total. The molecular formula is C5H10ClNO. The molecule has 1 unspecified atom stereocenters. The number of carbonyl (C=O) groups is 1. The zero-order valence-electron chi connectivity index (χ0n) is 4.59. The lowest BCUT2D eigenvalue weighted by Gasteiger charge is -1.91. The Labute approximate surface area is 54.8 Å². The van der Waals surface area contributed by atoms with E-state index in [4.69, 9.17) is 5.73 Å². The van der Waals surface area contributed by atoms with E-state index >= 15 is 0 Å². The van der Waals surface area contributed by atoms with Crippen LogP contribution >= 0.6 is 12.4 Å². The van der Waals surface area contributed by atoms with E-state index in [0.717, 1.165) is 6.42 Å². The molecule has 0 radical (unpaired) electrons. The maximum Gasteiger partial charge on any atom is 0.134 e. The van der Waals surface area contributed by atoms with E-state index in [1.807, 2.05) is 0 Å². The van der Waals surface area contributed by atoms with Gasteiger partial charge in [-0.05, 0) is 6.42 Å². The minimum Gasteiger partial charge on any atom is -0.327 e. The fourth-order valence-corrected chi connectivity index (χ4v) is 0.843. The topological polar surface area (TPSA) is 43.1 Å². The molecule has 0 amide bonds. The van der Waals surface area contributed by atoms with Crippen molar-refractivity contribution in [1.82, 2.24) is 0 Å². The van der Waals surface area contributed by atoms with Gasteiger partial charge in [0.05, 0.1) is 0 Å². The molecule has 0 aliphatic heterocycles. The van der Waals surface area contributed by atoms with E-state index in [1.165, 1.54) is 0 Å². The molecule has 2 nitrogen and oxygen atoms in total. The van der Waals surface area contributed by atoms with Gasteiger partial charge in [0.2, 0.25) is 0 Å². The van der Waals surface area contributed by atoms with E-state index in [2.05, 4.69) is 0 Å². The fourth-order valence-electron chi connectivity index (χ4n) is 0.843. The Balaban J connectivity index is 0.000000490. The van der Waals surface area contributed by atoms with E-state index in [1.54, 1.807) is 0 Å². The average Bonchev–Trinajstić information content (AvgIpc) is 1.87. The Bertz CT molecular complexity index is 94.4. The Morgan fingerprint density at radius 1 is 1.62 bits per heavy atom. The van der Waals surface area contributed by atoms with Gasteiger partial charge in [0.1, 0.15) is 5.78 Å². The van der Waals surface area contributed by atoms with Crippen molar-refractivity contribution in [2.75, 3.05) is 0 Å². The number of Topliss-reactive ketones (excluding diaryl/α,β-unsaturated/α-hetero) is 1. The van der Waals surface area contributed by atoms with Gasteiger partial charge in [0, 0.05) is 18.9 Å². The van der Waals surface area contributed by atoms with Crippen molar-refractivity contribution in [1.29, 1.82) is 0 Å². The van der Waals surface area contributed by atoms with Gasteiger partial charge >= 0.3 is 0 Å². The quantitative estimate of drug-likeness (QED) is 0.525. The van der Waals surface area contributed by atoms with Gasteiger partial charge < -0.3 is 5.73 Å². The predicted molar refractivity (Wildman–Crippen MR) is 34.1 cm³/mol. The van der Waals surface area contributed by atoms with Crippen molar-refractivity contribution in [3.05, 3.63) is 0 Å². The van der Waals surface area contributed by atoms with Crippen molar-refractivity contribution >= 4 is 18.2 Å². The number of carbonyl (C=O) groups excluding carboxylic acids is 1. The van der Waals surface area contributed by atoms with Crippen LogP contribution in [-0.2, 0) is 4.79 Å². The second kappa shape index (κ2) is 3.05. The van der Waals surface area contributed by atoms with Crippen LogP contribution in [0.2, 0.25) is 0 Å². The number of ketones is 1. The first-order valence-corrected chi connectivity index (χ1v) is 2.56. The van der Waals surface area contributed by atoms with Crippen LogP contribution in [0, 0.1) is 0 Å². The minimum atomic E-state index is 0. The van der Waals surface area contributed by atoms with Crippen LogP contribution in [0.15, 0.2) is 0 Å². The summed E-state index contributed by atoms with van der Waals surface area (Å²) in [5.41, 5.74) is 5.40. The fraction of sp³-hybridized carbons (Fsp3) is 0.800. The molecule has 0 aromatic carbocycles. The highest BCUT2D eigenvalue weighted by Crippen LogP contribution is 2.10. The zero-order chi connectivity index (χ0) is 5.28. The molecule has 3 heteroatoms. The molecule has 0 heterocycles. The minimum absolute atomic E-state index is 0. The number of hydrogen-bond acceptors (Lipinski definition) is 2. The molecule has 1 aliphatic rings. The van der Waals surface area contributed by atoms with E-state index in [-0.39, 0.29) is 18.4 Å². The third-order valence-electron chi connectivity index (χ3n) is 1.28. The molecule has 1 rings (SSSR count). The highest BCUT2D eigenvalue weighted by molar-refractivity contribution is 5.85. The van der Waals surface area contributed by atoms with Crippen molar-refractivity contribution in [2.45, 2.75) is 25.3 Å². The second-order valence-corrected chi connectivity index (χ2v) is 2.04. The molecule has 0 spiro atoms. The van der Waals surface area contributed by atoms with Crippen molar-refractivity contribution in [2.24, 2.45) is 5.73 Å². The Kier molecular flexibility index (Phi) is 3.02. The van der Waals surface area contributed by atoms with Gasteiger partial charge in [-0.25, -0.2) is 0 Å². The number of nitrogens with two attached hydrogens (primary N) is 1. The van der Waals surface area contributed by atoms with Crippen LogP contribution in [0.25, 0.3) is 0 Å². The Morgan fingerprint density at radius 2 is 2.25 bits per heavy atom. The van der Waals surface area contributed by atoms with Crippen LogP contribution in [0.5, 0.6) is 0 Å². The average molecular weight is 136 g/mol. The molecule has 8 heavy (non-hydrogen) atoms. The van der Waals surface area contributed by atoms with Crippen LogP contribution in [-0.4, -0.2) is 11.8 Å². The van der Waals surface area contributed by atoms with Gasteiger partial charge in [-0.2, -0.15) is 0 Å². The molecule has 0 saturated heterocycles. The number of halogens is 1. The summed E-state index contributed by atoms with van der Waals surface area (Å²) >= 11 is 0. The van der Waals surface area contributed by atoms with Gasteiger partial charge in [0.25, 0.3) is 0 Å². The summed E-state index contributed by atoms with van der Waals surface area (Å²) in [5, 5.41) is 0. The standard InChI is InChI=1S/C5H9NO.ClH/c6-4-1-2-5(7)3-4;/h4H,1-3,6H2;1H. The lowest BCUT2D eigenvalue weighted by molar-refractivity contribution is -0.117. The summed E-state index contributed by atoms with van der Waals surface area (Å²) in [5.74, 6) is 0.326. The molecule has 1 saturated carbocycles. The smallest absolute Gasteiger partial charge is 0.134 e. The van der Waals surface area contributed by atoms with Gasteiger partial charge in [0.15, 0.2) is 0 Å². The van der Waals surface area contributed by atoms with Crippen molar-refractivity contribution in [3.63, 3.8) is 0 Å². The normalized spacial score (nSPS) is 27.6. The van der Waals surface area contributed by atoms with Crippen LogP contribution in [0.4, 0.5) is 0 Å². The van der Waals surface area contributed by atoms with Gasteiger partial charge in [-0.3, -0.25) is 4.79 Å². The summed E-state index contributed by atoms with van der Waals surface area (Å²) in [6.45, 7) is 0.